The van der Waals surface area contributed by atoms with Gasteiger partial charge in [0.2, 0.25) is 5.78 Å². The molecule has 1 N–H and O–H groups in total. The molecule has 0 spiro atoms. The number of hydrogen-bond acceptors (Lipinski definition) is 6. The molecule has 0 saturated heterocycles. The zero-order chi connectivity index (χ0) is 22.2. The standard InChI is InChI=1S/C23H24N2O5/c1-11-16-9-7-8-10-17(16)24-13(3)18(11)23(28)30-15(5)21(26)20-12(2)19(14(4)25-20)22(27)29-6/h7-10,15,25H,1-6H3/t15-/m0/s1. The molecule has 0 fully saturated rings. The van der Waals surface area contributed by atoms with Crippen LogP contribution in [0, 0.1) is 27.7 Å². The zero-order valence-electron chi connectivity index (χ0n) is 17.9. The maximum atomic E-state index is 12.9. The molecule has 3 rings (SSSR count). The number of rotatable bonds is 5. The van der Waals surface area contributed by atoms with Gasteiger partial charge in [-0.25, -0.2) is 9.59 Å². The molecule has 0 amide bonds. The SMILES string of the molecule is COC(=O)c1c(C)[nH]c(C(=O)[C@H](C)OC(=O)c2c(C)nc3ccccc3c2C)c1C. The summed E-state index contributed by atoms with van der Waals surface area (Å²) in [4.78, 5) is 45.2. The monoisotopic (exact) mass is 408 g/mol. The Hall–Kier alpha value is -3.48. The van der Waals surface area contributed by atoms with Gasteiger partial charge in [0.05, 0.1) is 35.1 Å². The topological polar surface area (TPSA) is 98.4 Å². The highest BCUT2D eigenvalue weighted by molar-refractivity contribution is 6.05. The van der Waals surface area contributed by atoms with Gasteiger partial charge in [-0.3, -0.25) is 9.78 Å². The summed E-state index contributed by atoms with van der Waals surface area (Å²) in [5, 5.41) is 0.854. The number of carbonyl (C=O) groups is 3. The fourth-order valence-electron chi connectivity index (χ4n) is 3.71. The molecule has 156 valence electrons. The first-order valence-electron chi connectivity index (χ1n) is 9.56. The Bertz CT molecular complexity index is 1180. The second kappa shape index (κ2) is 8.10. The molecular formula is C23H24N2O5. The minimum atomic E-state index is -1.05. The number of benzene rings is 1. The number of carbonyl (C=O) groups excluding carboxylic acids is 3. The molecule has 0 unspecified atom stereocenters. The van der Waals surface area contributed by atoms with E-state index in [-0.39, 0.29) is 5.69 Å². The molecule has 1 aromatic carbocycles. The van der Waals surface area contributed by atoms with E-state index in [1.54, 1.807) is 20.8 Å². The number of methoxy groups -OCH3 is 1. The molecule has 0 bridgehead atoms. The number of pyridine rings is 1. The highest BCUT2D eigenvalue weighted by atomic mass is 16.5. The third-order valence-corrected chi connectivity index (χ3v) is 5.26. The van der Waals surface area contributed by atoms with Gasteiger partial charge in [0, 0.05) is 11.1 Å². The zero-order valence-corrected chi connectivity index (χ0v) is 17.9. The van der Waals surface area contributed by atoms with Crippen LogP contribution in [-0.4, -0.2) is 40.9 Å². The minimum absolute atomic E-state index is 0.221. The Balaban J connectivity index is 1.89. The average molecular weight is 408 g/mol. The molecule has 0 radical (unpaired) electrons. The smallest absolute Gasteiger partial charge is 0.340 e. The first kappa shape index (κ1) is 21.2. The first-order valence-corrected chi connectivity index (χ1v) is 9.56. The Morgan fingerprint density at radius 2 is 1.63 bits per heavy atom. The van der Waals surface area contributed by atoms with Gasteiger partial charge in [-0.05, 0) is 51.8 Å². The molecular weight excluding hydrogens is 384 g/mol. The summed E-state index contributed by atoms with van der Waals surface area (Å²) in [6.07, 6.45) is -1.05. The molecule has 3 aromatic rings. The average Bonchev–Trinajstić information content (AvgIpc) is 3.00. The Morgan fingerprint density at radius 1 is 0.967 bits per heavy atom. The third-order valence-electron chi connectivity index (χ3n) is 5.26. The van der Waals surface area contributed by atoms with Gasteiger partial charge in [-0.15, -0.1) is 0 Å². The van der Waals surface area contributed by atoms with Crippen molar-refractivity contribution >= 4 is 28.6 Å². The van der Waals surface area contributed by atoms with Crippen molar-refractivity contribution in [3.63, 3.8) is 0 Å². The lowest BCUT2D eigenvalue weighted by atomic mass is 10.0. The first-order chi connectivity index (χ1) is 14.2. The largest absolute Gasteiger partial charge is 0.465 e. The third kappa shape index (κ3) is 3.58. The Kier molecular flexibility index (Phi) is 5.73. The number of para-hydroxylation sites is 1. The van der Waals surface area contributed by atoms with Gasteiger partial charge in [0.15, 0.2) is 6.10 Å². The van der Waals surface area contributed by atoms with Crippen LogP contribution in [0.1, 0.15) is 60.6 Å². The number of hydrogen-bond donors (Lipinski definition) is 1. The van der Waals surface area contributed by atoms with Crippen LogP contribution >= 0.6 is 0 Å². The van der Waals surface area contributed by atoms with E-state index in [0.29, 0.717) is 28.1 Å². The normalized spacial score (nSPS) is 11.9. The second-order valence-electron chi connectivity index (χ2n) is 7.24. The molecule has 0 aliphatic carbocycles. The molecule has 7 heteroatoms. The van der Waals surface area contributed by atoms with Crippen LogP contribution in [0.4, 0.5) is 0 Å². The second-order valence-corrected chi connectivity index (χ2v) is 7.24. The van der Waals surface area contributed by atoms with Gasteiger partial charge in [-0.2, -0.15) is 0 Å². The van der Waals surface area contributed by atoms with Crippen LogP contribution in [0.2, 0.25) is 0 Å². The Labute approximate surface area is 174 Å². The van der Waals surface area contributed by atoms with Gasteiger partial charge >= 0.3 is 11.9 Å². The molecule has 2 heterocycles. The maximum absolute atomic E-state index is 12.9. The number of aromatic amines is 1. The van der Waals surface area contributed by atoms with Crippen molar-refractivity contribution in [2.24, 2.45) is 0 Å². The van der Waals surface area contributed by atoms with E-state index in [4.69, 9.17) is 9.47 Å². The number of esters is 2. The van der Waals surface area contributed by atoms with Crippen molar-refractivity contribution in [2.75, 3.05) is 7.11 Å². The van der Waals surface area contributed by atoms with Crippen molar-refractivity contribution in [1.82, 2.24) is 9.97 Å². The lowest BCUT2D eigenvalue weighted by Gasteiger charge is -2.15. The van der Waals surface area contributed by atoms with Crippen LogP contribution in [0.5, 0.6) is 0 Å². The van der Waals surface area contributed by atoms with E-state index in [0.717, 1.165) is 16.5 Å². The fraction of sp³-hybridized carbons (Fsp3) is 0.304. The van der Waals surface area contributed by atoms with Crippen molar-refractivity contribution < 1.29 is 23.9 Å². The van der Waals surface area contributed by atoms with E-state index in [1.807, 2.05) is 31.2 Å². The van der Waals surface area contributed by atoms with Crippen LogP contribution in [0.25, 0.3) is 10.9 Å². The van der Waals surface area contributed by atoms with Gasteiger partial charge in [0.1, 0.15) is 0 Å². The summed E-state index contributed by atoms with van der Waals surface area (Å²) >= 11 is 0. The van der Waals surface area contributed by atoms with E-state index >= 15 is 0 Å². The molecule has 30 heavy (non-hydrogen) atoms. The lowest BCUT2D eigenvalue weighted by Crippen LogP contribution is -2.26. The number of nitrogens with one attached hydrogen (secondary N) is 1. The van der Waals surface area contributed by atoms with Crippen molar-refractivity contribution in [3.8, 4) is 0 Å². The predicted octanol–water partition coefficient (Wildman–Crippen LogP) is 4.01. The lowest BCUT2D eigenvalue weighted by molar-refractivity contribution is 0.0315. The van der Waals surface area contributed by atoms with Crippen molar-refractivity contribution in [3.05, 3.63) is 63.6 Å². The summed E-state index contributed by atoms with van der Waals surface area (Å²) in [7, 11) is 1.28. The summed E-state index contributed by atoms with van der Waals surface area (Å²) in [6, 6.07) is 7.53. The highest BCUT2D eigenvalue weighted by Crippen LogP contribution is 2.25. The molecule has 0 aliphatic rings. The fourth-order valence-corrected chi connectivity index (χ4v) is 3.71. The van der Waals surface area contributed by atoms with Gasteiger partial charge in [-0.1, -0.05) is 18.2 Å². The molecule has 0 saturated carbocycles. The number of fused-ring (bicyclic) bond motifs is 1. The van der Waals surface area contributed by atoms with E-state index < -0.39 is 23.8 Å². The minimum Gasteiger partial charge on any atom is -0.465 e. The maximum Gasteiger partial charge on any atom is 0.340 e. The number of aryl methyl sites for hydroxylation is 3. The number of Topliss-reactive ketones (excluding diaryl/α,β-unsaturated/α-hetero) is 1. The number of H-pyrrole nitrogens is 1. The summed E-state index contributed by atoms with van der Waals surface area (Å²) < 4.78 is 10.3. The summed E-state index contributed by atoms with van der Waals surface area (Å²) in [5.41, 5.74) is 3.95. The number of aromatic nitrogens is 2. The quantitative estimate of drug-likeness (QED) is 0.506. The molecule has 2 aromatic heterocycles. The van der Waals surface area contributed by atoms with E-state index in [9.17, 15) is 14.4 Å². The van der Waals surface area contributed by atoms with E-state index in [2.05, 4.69) is 9.97 Å². The van der Waals surface area contributed by atoms with Gasteiger partial charge < -0.3 is 14.5 Å². The highest BCUT2D eigenvalue weighted by Gasteiger charge is 2.28. The van der Waals surface area contributed by atoms with Crippen molar-refractivity contribution in [1.29, 1.82) is 0 Å². The number of ketones is 1. The molecule has 1 atom stereocenters. The summed E-state index contributed by atoms with van der Waals surface area (Å²) in [6.45, 7) is 8.41. The number of ether oxygens (including phenoxy) is 2. The summed E-state index contributed by atoms with van der Waals surface area (Å²) in [5.74, 6) is -1.57. The molecule has 7 nitrogen and oxygen atoms in total. The molecule has 0 aliphatic heterocycles. The van der Waals surface area contributed by atoms with Crippen LogP contribution in [-0.2, 0) is 9.47 Å². The Morgan fingerprint density at radius 3 is 2.30 bits per heavy atom. The van der Waals surface area contributed by atoms with Crippen molar-refractivity contribution in [2.45, 2.75) is 40.7 Å². The number of nitrogens with zero attached hydrogens (tertiary/aromatic N) is 1. The van der Waals surface area contributed by atoms with Crippen LogP contribution in [0.15, 0.2) is 24.3 Å². The van der Waals surface area contributed by atoms with E-state index in [1.165, 1.54) is 14.0 Å². The van der Waals surface area contributed by atoms with Crippen LogP contribution in [0.3, 0.4) is 0 Å². The van der Waals surface area contributed by atoms with Gasteiger partial charge in [0.25, 0.3) is 0 Å². The predicted molar refractivity (Wildman–Crippen MR) is 112 cm³/mol. The van der Waals surface area contributed by atoms with Crippen LogP contribution < -0.4 is 0 Å².